The zero-order valence-corrected chi connectivity index (χ0v) is 28.6. The first-order chi connectivity index (χ1) is 24.6. The van der Waals surface area contributed by atoms with E-state index >= 15 is 0 Å². The van der Waals surface area contributed by atoms with Gasteiger partial charge in [0.05, 0.1) is 25.0 Å². The van der Waals surface area contributed by atoms with E-state index in [1.807, 2.05) is 122 Å². The third-order valence-electron chi connectivity index (χ3n) is 9.19. The number of carboxylic acids is 2. The summed E-state index contributed by atoms with van der Waals surface area (Å²) in [6.07, 6.45) is 3.48. The van der Waals surface area contributed by atoms with Crippen LogP contribution >= 0.6 is 0 Å². The fourth-order valence-electron chi connectivity index (χ4n) is 6.38. The number of ether oxygens (including phenoxy) is 1. The summed E-state index contributed by atoms with van der Waals surface area (Å²) in [6.45, 7) is 2.12. The van der Waals surface area contributed by atoms with E-state index in [1.165, 1.54) is 7.11 Å². The van der Waals surface area contributed by atoms with Crippen LogP contribution in [0.5, 0.6) is 0 Å². The summed E-state index contributed by atoms with van der Waals surface area (Å²) in [7, 11) is 1.32. The van der Waals surface area contributed by atoms with Crippen molar-refractivity contribution in [3.05, 3.63) is 155 Å². The number of nitrogens with zero attached hydrogens (tertiary/aromatic N) is 1. The van der Waals surface area contributed by atoms with E-state index in [0.29, 0.717) is 12.0 Å². The lowest BCUT2D eigenvalue weighted by Crippen LogP contribution is -2.43. The Kier molecular flexibility index (Phi) is 12.1. The second-order valence-electron chi connectivity index (χ2n) is 12.7. The topological polar surface area (TPSA) is 121 Å². The standard InChI is InChI=1S/C43H41NO7/c1-29(44(40(45)26-38(42(48)49)27-41(46)47)28-33-17-18-34-13-6-7-14-37(34)24-33)39(35-19-21-36(22-20-35)43(50)51-2)25-32-12-8-11-31(23-32)16-15-30-9-4-3-5-10-30/h3-24,29,38-39H,25-28H2,1-2H3,(H,46,47)(H,48,49)/b16-15+/t29?,38-,39?/m1/s1. The normalized spacial score (nSPS) is 13.0. The number of hydrogen-bond donors (Lipinski definition) is 2. The van der Waals surface area contributed by atoms with Gasteiger partial charge in [-0.3, -0.25) is 14.4 Å². The maximum absolute atomic E-state index is 14.2. The van der Waals surface area contributed by atoms with Gasteiger partial charge in [0, 0.05) is 24.9 Å². The molecule has 5 aromatic rings. The molecule has 51 heavy (non-hydrogen) atoms. The van der Waals surface area contributed by atoms with Gasteiger partial charge < -0.3 is 19.8 Å². The van der Waals surface area contributed by atoms with E-state index in [9.17, 15) is 29.4 Å². The maximum atomic E-state index is 14.2. The smallest absolute Gasteiger partial charge is 0.337 e. The van der Waals surface area contributed by atoms with Crippen LogP contribution in [0, 0.1) is 5.92 Å². The Morgan fingerprint density at radius 1 is 0.706 bits per heavy atom. The molecule has 3 atom stereocenters. The number of benzene rings is 5. The molecule has 1 amide bonds. The number of esters is 1. The van der Waals surface area contributed by atoms with Crippen molar-refractivity contribution in [3.8, 4) is 0 Å². The predicted molar refractivity (Wildman–Crippen MR) is 198 cm³/mol. The lowest BCUT2D eigenvalue weighted by atomic mass is 9.84. The number of carboxylic acid groups (broad SMARTS) is 2. The molecule has 5 rings (SSSR count). The molecule has 0 spiro atoms. The van der Waals surface area contributed by atoms with Gasteiger partial charge in [0.2, 0.25) is 5.91 Å². The van der Waals surface area contributed by atoms with E-state index in [4.69, 9.17) is 4.74 Å². The largest absolute Gasteiger partial charge is 0.481 e. The first-order valence-electron chi connectivity index (χ1n) is 16.8. The Balaban J connectivity index is 1.53. The van der Waals surface area contributed by atoms with Crippen molar-refractivity contribution >= 4 is 46.7 Å². The van der Waals surface area contributed by atoms with Crippen LogP contribution in [0.4, 0.5) is 0 Å². The molecule has 0 aliphatic heterocycles. The SMILES string of the molecule is COC(=O)c1ccc(C(Cc2cccc(/C=C/c3ccccc3)c2)C(C)N(Cc2ccc3ccccc3c2)C(=O)C[C@H](CC(=O)O)C(=O)O)cc1. The van der Waals surface area contributed by atoms with Crippen LogP contribution < -0.4 is 0 Å². The fourth-order valence-corrected chi connectivity index (χ4v) is 6.38. The molecule has 260 valence electrons. The van der Waals surface area contributed by atoms with Gasteiger partial charge in [-0.15, -0.1) is 0 Å². The number of fused-ring (bicyclic) bond motifs is 1. The maximum Gasteiger partial charge on any atom is 0.337 e. The van der Waals surface area contributed by atoms with Crippen LogP contribution in [-0.2, 0) is 32.1 Å². The number of hydrogen-bond acceptors (Lipinski definition) is 5. The summed E-state index contributed by atoms with van der Waals surface area (Å²) < 4.78 is 4.91. The molecule has 5 aromatic carbocycles. The Labute approximate surface area is 297 Å². The van der Waals surface area contributed by atoms with Gasteiger partial charge in [-0.05, 0) is 70.1 Å². The van der Waals surface area contributed by atoms with E-state index in [-0.39, 0.29) is 12.5 Å². The minimum Gasteiger partial charge on any atom is -0.481 e. The predicted octanol–water partition coefficient (Wildman–Crippen LogP) is 8.11. The Morgan fingerprint density at radius 3 is 2.06 bits per heavy atom. The number of carbonyl (C=O) groups excluding carboxylic acids is 2. The quantitative estimate of drug-likeness (QED) is 0.0845. The molecular weight excluding hydrogens is 642 g/mol. The Bertz CT molecular complexity index is 2020. The number of methoxy groups -OCH3 is 1. The molecule has 8 nitrogen and oxygen atoms in total. The van der Waals surface area contributed by atoms with E-state index in [0.717, 1.165) is 38.6 Å². The molecule has 0 bridgehead atoms. The molecule has 2 N–H and O–H groups in total. The number of rotatable bonds is 15. The Hall–Kier alpha value is -6.02. The highest BCUT2D eigenvalue weighted by Crippen LogP contribution is 2.31. The second-order valence-corrected chi connectivity index (χ2v) is 12.7. The second kappa shape index (κ2) is 17.1. The minimum atomic E-state index is -1.38. The zero-order chi connectivity index (χ0) is 36.3. The average Bonchev–Trinajstić information content (AvgIpc) is 3.14. The van der Waals surface area contributed by atoms with Crippen LogP contribution in [0.2, 0.25) is 0 Å². The zero-order valence-electron chi connectivity index (χ0n) is 28.6. The van der Waals surface area contributed by atoms with Crippen molar-refractivity contribution < 1.29 is 34.1 Å². The highest BCUT2D eigenvalue weighted by Gasteiger charge is 2.33. The number of aliphatic carboxylic acids is 2. The molecule has 2 unspecified atom stereocenters. The van der Waals surface area contributed by atoms with Gasteiger partial charge >= 0.3 is 17.9 Å². The van der Waals surface area contributed by atoms with Gasteiger partial charge in [0.25, 0.3) is 0 Å². The molecule has 0 saturated carbocycles. The van der Waals surface area contributed by atoms with E-state index < -0.39 is 48.6 Å². The van der Waals surface area contributed by atoms with E-state index in [2.05, 4.69) is 6.07 Å². The van der Waals surface area contributed by atoms with Crippen molar-refractivity contribution in [2.75, 3.05) is 7.11 Å². The van der Waals surface area contributed by atoms with Crippen molar-refractivity contribution in [1.29, 1.82) is 0 Å². The molecule has 0 radical (unpaired) electrons. The molecule has 0 saturated heterocycles. The van der Waals surface area contributed by atoms with Gasteiger partial charge in [0.1, 0.15) is 0 Å². The van der Waals surface area contributed by atoms with Crippen molar-refractivity contribution in [2.24, 2.45) is 5.92 Å². The average molecular weight is 684 g/mol. The molecule has 0 aliphatic carbocycles. The highest BCUT2D eigenvalue weighted by molar-refractivity contribution is 5.89. The summed E-state index contributed by atoms with van der Waals surface area (Å²) in [5.74, 6) is -5.21. The lowest BCUT2D eigenvalue weighted by molar-refractivity contribution is -0.151. The highest BCUT2D eigenvalue weighted by atomic mass is 16.5. The summed E-state index contributed by atoms with van der Waals surface area (Å²) in [4.78, 5) is 51.7. The van der Waals surface area contributed by atoms with Crippen LogP contribution in [0.15, 0.2) is 121 Å². The third kappa shape index (κ3) is 9.79. The van der Waals surface area contributed by atoms with E-state index in [1.54, 1.807) is 17.0 Å². The first kappa shape index (κ1) is 36.3. The van der Waals surface area contributed by atoms with Gasteiger partial charge in [0.15, 0.2) is 0 Å². The van der Waals surface area contributed by atoms with Crippen LogP contribution in [-0.4, -0.2) is 52.1 Å². The van der Waals surface area contributed by atoms with Crippen LogP contribution in [0.1, 0.15) is 63.9 Å². The monoisotopic (exact) mass is 683 g/mol. The van der Waals surface area contributed by atoms with Gasteiger partial charge in [-0.2, -0.15) is 0 Å². The summed E-state index contributed by atoms with van der Waals surface area (Å²) >= 11 is 0. The number of amides is 1. The third-order valence-corrected chi connectivity index (χ3v) is 9.19. The molecular formula is C43H41NO7. The number of carbonyl (C=O) groups is 4. The van der Waals surface area contributed by atoms with Crippen LogP contribution in [0.3, 0.4) is 0 Å². The summed E-state index contributed by atoms with van der Waals surface area (Å²) in [6, 6.07) is 38.6. The molecule has 0 aromatic heterocycles. The van der Waals surface area contributed by atoms with Crippen molar-refractivity contribution in [3.63, 3.8) is 0 Å². The minimum absolute atomic E-state index is 0.181. The van der Waals surface area contributed by atoms with Crippen molar-refractivity contribution in [2.45, 2.75) is 44.7 Å². The van der Waals surface area contributed by atoms with Crippen molar-refractivity contribution in [1.82, 2.24) is 4.90 Å². The molecule has 0 aliphatic rings. The lowest BCUT2D eigenvalue weighted by Gasteiger charge is -2.36. The molecule has 8 heteroatoms. The molecule has 0 heterocycles. The summed E-state index contributed by atoms with van der Waals surface area (Å²) in [5, 5.41) is 21.3. The van der Waals surface area contributed by atoms with Gasteiger partial charge in [-0.25, -0.2) is 4.79 Å². The van der Waals surface area contributed by atoms with Gasteiger partial charge in [-0.1, -0.05) is 115 Å². The van der Waals surface area contributed by atoms with Crippen LogP contribution in [0.25, 0.3) is 22.9 Å². The Morgan fingerprint density at radius 2 is 1.37 bits per heavy atom. The fraction of sp³-hybridized carbons (Fsp3) is 0.209. The first-order valence-corrected chi connectivity index (χ1v) is 16.8. The summed E-state index contributed by atoms with van der Waals surface area (Å²) in [5.41, 5.74) is 5.22. The molecule has 0 fully saturated rings.